The summed E-state index contributed by atoms with van der Waals surface area (Å²) >= 11 is 0. The quantitative estimate of drug-likeness (QED) is 0.501. The van der Waals surface area contributed by atoms with Crippen LogP contribution >= 0.6 is 0 Å². The van der Waals surface area contributed by atoms with Crippen molar-refractivity contribution in [1.82, 2.24) is 0 Å². The average Bonchev–Trinajstić information content (AvgIpc) is 2.80. The Morgan fingerprint density at radius 3 is 2.20 bits per heavy atom. The Balaban J connectivity index is 0.000000347. The van der Waals surface area contributed by atoms with Gasteiger partial charge in [-0.25, -0.2) is 0 Å². The molecule has 120 valence electrons. The monoisotopic (exact) mass is 294 g/mol. The van der Waals surface area contributed by atoms with Crippen molar-refractivity contribution in [3.63, 3.8) is 0 Å². The van der Waals surface area contributed by atoms with Gasteiger partial charge in [-0.2, -0.15) is 0 Å². The van der Waals surface area contributed by atoms with E-state index < -0.39 is 23.3 Å². The van der Waals surface area contributed by atoms with Crippen LogP contribution in [0.4, 0.5) is 0 Å². The predicted octanol–water partition coefficient (Wildman–Crippen LogP) is -0.643. The van der Waals surface area contributed by atoms with E-state index >= 15 is 0 Å². The molecular formula is C13H26O7. The van der Waals surface area contributed by atoms with E-state index in [0.29, 0.717) is 19.6 Å². The fourth-order valence-corrected chi connectivity index (χ4v) is 2.15. The lowest BCUT2D eigenvalue weighted by molar-refractivity contribution is -0.173. The Hall–Kier alpha value is -0.280. The highest BCUT2D eigenvalue weighted by Gasteiger charge is 2.50. The van der Waals surface area contributed by atoms with Gasteiger partial charge in [0.15, 0.2) is 11.6 Å². The lowest BCUT2D eigenvalue weighted by Crippen LogP contribution is -2.49. The predicted molar refractivity (Wildman–Crippen MR) is 69.8 cm³/mol. The van der Waals surface area contributed by atoms with Gasteiger partial charge in [0.05, 0.1) is 19.8 Å². The van der Waals surface area contributed by atoms with Crippen LogP contribution in [0.25, 0.3) is 0 Å². The van der Waals surface area contributed by atoms with E-state index in [1.54, 1.807) is 0 Å². The van der Waals surface area contributed by atoms with E-state index in [-0.39, 0.29) is 12.7 Å². The van der Waals surface area contributed by atoms with Gasteiger partial charge in [0.25, 0.3) is 0 Å². The first kappa shape index (κ1) is 17.8. The molecule has 7 heteroatoms. The molecule has 0 aromatic carbocycles. The summed E-state index contributed by atoms with van der Waals surface area (Å²) in [7, 11) is 0. The molecule has 20 heavy (non-hydrogen) atoms. The molecule has 2 aliphatic rings. The second-order valence-corrected chi connectivity index (χ2v) is 6.16. The van der Waals surface area contributed by atoms with Crippen molar-refractivity contribution in [2.45, 2.75) is 63.5 Å². The van der Waals surface area contributed by atoms with Gasteiger partial charge in [0.1, 0.15) is 17.8 Å². The van der Waals surface area contributed by atoms with Crippen molar-refractivity contribution in [1.29, 1.82) is 0 Å². The molecule has 2 fully saturated rings. The molecule has 0 saturated carbocycles. The van der Waals surface area contributed by atoms with Crippen LogP contribution in [0.15, 0.2) is 0 Å². The van der Waals surface area contributed by atoms with E-state index in [2.05, 4.69) is 0 Å². The van der Waals surface area contributed by atoms with Crippen molar-refractivity contribution in [3.8, 4) is 0 Å². The summed E-state index contributed by atoms with van der Waals surface area (Å²) in [4.78, 5) is 0. The maximum absolute atomic E-state index is 10.1. The summed E-state index contributed by atoms with van der Waals surface area (Å²) in [6, 6.07) is 0. The normalized spacial score (nSPS) is 36.6. The number of aliphatic hydroxyl groups is 4. The average molecular weight is 294 g/mol. The summed E-state index contributed by atoms with van der Waals surface area (Å²) in [5, 5.41) is 35.4. The van der Waals surface area contributed by atoms with Gasteiger partial charge in [-0.1, -0.05) is 0 Å². The molecule has 0 amide bonds. The SMILES string of the molecule is CC(C)(O)O.CC1(C)OCC(C2OCCC2(O)CO)O1. The van der Waals surface area contributed by atoms with Crippen LogP contribution in [-0.4, -0.2) is 69.6 Å². The molecule has 0 bridgehead atoms. The standard InChI is InChI=1S/C10H18O5.C3H8O2/c1-9(2)14-5-7(15-9)8-10(12,6-11)3-4-13-8;1-3(2,4)5/h7-8,11-12H,3-6H2,1-2H3;4-5H,1-2H3. The number of hydrogen-bond acceptors (Lipinski definition) is 7. The molecule has 2 aliphatic heterocycles. The van der Waals surface area contributed by atoms with Crippen LogP contribution in [0.1, 0.15) is 34.1 Å². The van der Waals surface area contributed by atoms with Gasteiger partial charge < -0.3 is 34.6 Å². The molecule has 2 saturated heterocycles. The van der Waals surface area contributed by atoms with Crippen molar-refractivity contribution in [2.75, 3.05) is 19.8 Å². The zero-order valence-electron chi connectivity index (χ0n) is 12.5. The Kier molecular flexibility index (Phi) is 5.53. The van der Waals surface area contributed by atoms with Crippen LogP contribution in [0, 0.1) is 0 Å². The molecule has 0 radical (unpaired) electrons. The first-order chi connectivity index (χ1) is 8.97. The van der Waals surface area contributed by atoms with Gasteiger partial charge >= 0.3 is 0 Å². The first-order valence-corrected chi connectivity index (χ1v) is 6.68. The minimum atomic E-state index is -1.50. The number of aliphatic hydroxyl groups excluding tert-OH is 1. The van der Waals surface area contributed by atoms with Gasteiger partial charge in [0, 0.05) is 6.42 Å². The van der Waals surface area contributed by atoms with E-state index in [9.17, 15) is 5.11 Å². The topological polar surface area (TPSA) is 109 Å². The van der Waals surface area contributed by atoms with Crippen LogP contribution in [0.3, 0.4) is 0 Å². The van der Waals surface area contributed by atoms with Gasteiger partial charge in [-0.05, 0) is 27.7 Å². The lowest BCUT2D eigenvalue weighted by atomic mass is 9.93. The third-order valence-electron chi connectivity index (χ3n) is 3.00. The summed E-state index contributed by atoms with van der Waals surface area (Å²) in [5.41, 5.74) is -1.19. The fourth-order valence-electron chi connectivity index (χ4n) is 2.15. The molecule has 2 heterocycles. The van der Waals surface area contributed by atoms with Crippen molar-refractivity contribution < 1.29 is 34.6 Å². The smallest absolute Gasteiger partial charge is 0.163 e. The van der Waals surface area contributed by atoms with Crippen LogP contribution < -0.4 is 0 Å². The Morgan fingerprint density at radius 2 is 1.80 bits per heavy atom. The molecule has 0 spiro atoms. The van der Waals surface area contributed by atoms with Crippen LogP contribution in [0.2, 0.25) is 0 Å². The van der Waals surface area contributed by atoms with Gasteiger partial charge in [0.2, 0.25) is 0 Å². The van der Waals surface area contributed by atoms with Crippen molar-refractivity contribution in [2.24, 2.45) is 0 Å². The summed E-state index contributed by atoms with van der Waals surface area (Å²) in [5.74, 6) is -2.13. The van der Waals surface area contributed by atoms with E-state index in [0.717, 1.165) is 0 Å². The third kappa shape index (κ3) is 5.25. The highest BCUT2D eigenvalue weighted by molar-refractivity contribution is 4.98. The second-order valence-electron chi connectivity index (χ2n) is 6.16. The number of rotatable bonds is 2. The third-order valence-corrected chi connectivity index (χ3v) is 3.00. The second kappa shape index (κ2) is 6.23. The summed E-state index contributed by atoms with van der Waals surface area (Å²) < 4.78 is 16.4. The minimum Gasteiger partial charge on any atom is -0.393 e. The lowest BCUT2D eigenvalue weighted by Gasteiger charge is -2.30. The Morgan fingerprint density at radius 1 is 1.25 bits per heavy atom. The van der Waals surface area contributed by atoms with Crippen LogP contribution in [0.5, 0.6) is 0 Å². The number of hydrogen-bond donors (Lipinski definition) is 4. The fraction of sp³-hybridized carbons (Fsp3) is 1.00. The van der Waals surface area contributed by atoms with E-state index in [4.69, 9.17) is 29.5 Å². The molecule has 3 unspecified atom stereocenters. The zero-order chi connectivity index (χ0) is 15.6. The highest BCUT2D eigenvalue weighted by atomic mass is 16.8. The van der Waals surface area contributed by atoms with Crippen LogP contribution in [-0.2, 0) is 14.2 Å². The maximum Gasteiger partial charge on any atom is 0.163 e. The molecule has 4 N–H and O–H groups in total. The molecule has 3 atom stereocenters. The van der Waals surface area contributed by atoms with E-state index in [1.165, 1.54) is 13.8 Å². The first-order valence-electron chi connectivity index (χ1n) is 6.68. The molecule has 0 aromatic heterocycles. The molecular weight excluding hydrogens is 268 g/mol. The minimum absolute atomic E-state index is 0.306. The molecule has 7 nitrogen and oxygen atoms in total. The Bertz CT molecular complexity index is 306. The number of ether oxygens (including phenoxy) is 3. The van der Waals surface area contributed by atoms with E-state index in [1.807, 2.05) is 13.8 Å². The molecule has 0 aromatic rings. The van der Waals surface area contributed by atoms with Crippen molar-refractivity contribution >= 4 is 0 Å². The highest BCUT2D eigenvalue weighted by Crippen LogP contribution is 2.34. The summed E-state index contributed by atoms with van der Waals surface area (Å²) in [6.07, 6.45) is -0.363. The Labute approximate surface area is 119 Å². The zero-order valence-corrected chi connectivity index (χ0v) is 12.5. The molecule has 0 aliphatic carbocycles. The summed E-state index contributed by atoms with van der Waals surface area (Å²) in [6.45, 7) is 6.76. The molecule has 2 rings (SSSR count). The largest absolute Gasteiger partial charge is 0.393 e. The van der Waals surface area contributed by atoms with Gasteiger partial charge in [-0.3, -0.25) is 0 Å². The van der Waals surface area contributed by atoms with Gasteiger partial charge in [-0.15, -0.1) is 0 Å². The maximum atomic E-state index is 10.1. The van der Waals surface area contributed by atoms with Crippen molar-refractivity contribution in [3.05, 3.63) is 0 Å².